The zero-order valence-corrected chi connectivity index (χ0v) is 24.0. The molecule has 1 aliphatic rings. The van der Waals surface area contributed by atoms with Crippen molar-refractivity contribution < 1.29 is 47.3 Å². The zero-order chi connectivity index (χ0) is 27.8. The van der Waals surface area contributed by atoms with Crippen molar-refractivity contribution in [2.75, 3.05) is 6.61 Å². The summed E-state index contributed by atoms with van der Waals surface area (Å²) < 4.78 is 35.6. The third-order valence-electron chi connectivity index (χ3n) is 5.36. The maximum atomic E-state index is 12.1. The maximum absolute atomic E-state index is 12.1. The van der Waals surface area contributed by atoms with Gasteiger partial charge in [-0.15, -0.1) is 0 Å². The molecule has 0 amide bonds. The molecule has 5 atom stereocenters. The molecule has 0 radical (unpaired) electrons. The van der Waals surface area contributed by atoms with Crippen molar-refractivity contribution in [1.29, 1.82) is 0 Å². The van der Waals surface area contributed by atoms with Gasteiger partial charge in [0.15, 0.2) is 0 Å². The van der Waals surface area contributed by atoms with Crippen LogP contribution < -0.4 is 3.61 Å². The SMILES string of the molecule is CC(=O)OC[C@H]1O[C@H](/C=C(\[Te]c2ccc(C)cc2)c2ccco2)[C@H](OC(C)=O)[C@@H](OC(C)=O)[C@@H]1OC(C)=O. The van der Waals surface area contributed by atoms with Crippen molar-refractivity contribution in [3.05, 3.63) is 60.1 Å². The van der Waals surface area contributed by atoms with Crippen LogP contribution >= 0.6 is 0 Å². The van der Waals surface area contributed by atoms with Crippen LogP contribution in [0.25, 0.3) is 3.62 Å². The summed E-state index contributed by atoms with van der Waals surface area (Å²) in [5.74, 6) is -1.97. The molecular weight excluding hydrogens is 612 g/mol. The molecule has 38 heavy (non-hydrogen) atoms. The number of ether oxygens (including phenoxy) is 5. The summed E-state index contributed by atoms with van der Waals surface area (Å²) in [6, 6.07) is 11.7. The molecule has 11 heteroatoms. The Labute approximate surface area is 230 Å². The molecule has 0 aliphatic carbocycles. The van der Waals surface area contributed by atoms with Gasteiger partial charge >= 0.3 is 231 Å². The first kappa shape index (κ1) is 29.4. The van der Waals surface area contributed by atoms with E-state index in [2.05, 4.69) is 0 Å². The number of carbonyl (C=O) groups excluding carboxylic acids is 4. The summed E-state index contributed by atoms with van der Waals surface area (Å²) in [5, 5.41) is 0. The van der Waals surface area contributed by atoms with Crippen LogP contribution in [-0.2, 0) is 42.9 Å². The van der Waals surface area contributed by atoms with Gasteiger partial charge in [-0.1, -0.05) is 0 Å². The Bertz CT molecular complexity index is 1160. The summed E-state index contributed by atoms with van der Waals surface area (Å²) in [5.41, 5.74) is 1.13. The first-order valence-corrected chi connectivity index (χ1v) is 14.2. The van der Waals surface area contributed by atoms with Gasteiger partial charge in [-0.25, -0.2) is 0 Å². The minimum absolute atomic E-state index is 0.285. The molecule has 1 fully saturated rings. The second kappa shape index (κ2) is 13.6. The molecule has 1 aliphatic heterocycles. The molecule has 1 aromatic carbocycles. The molecule has 204 valence electrons. The third-order valence-corrected chi connectivity index (χ3v) is 8.39. The van der Waals surface area contributed by atoms with Gasteiger partial charge in [0.1, 0.15) is 0 Å². The standard InChI is InChI=1S/C27H30O10Te/c1-15-8-10-20(11-9-15)38-24(21-7-6-12-32-21)13-22-25(34-17(3)29)27(36-19(5)31)26(35-18(4)30)23(37-22)14-33-16(2)28/h6-13,22-23,25-27H,14H2,1-5H3/b24-13-/t22-,23-,25+,26-,27-/m1/s1. The summed E-state index contributed by atoms with van der Waals surface area (Å²) in [4.78, 5) is 47.7. The molecule has 0 N–H and O–H groups in total. The van der Waals surface area contributed by atoms with E-state index in [9.17, 15) is 19.2 Å². The number of hydrogen-bond acceptors (Lipinski definition) is 10. The van der Waals surface area contributed by atoms with E-state index in [4.69, 9.17) is 28.1 Å². The second-order valence-corrected chi connectivity index (χ2v) is 11.8. The number of esters is 4. The summed E-state index contributed by atoms with van der Waals surface area (Å²) in [6.45, 7) is 6.54. The Morgan fingerprint density at radius 2 is 1.45 bits per heavy atom. The topological polar surface area (TPSA) is 128 Å². The average molecular weight is 642 g/mol. The average Bonchev–Trinajstić information content (AvgIpc) is 3.36. The minimum atomic E-state index is -1.23. The van der Waals surface area contributed by atoms with Crippen LogP contribution in [0.15, 0.2) is 53.2 Å². The number of hydrogen-bond donors (Lipinski definition) is 0. The van der Waals surface area contributed by atoms with Crippen molar-refractivity contribution in [3.8, 4) is 0 Å². The zero-order valence-electron chi connectivity index (χ0n) is 21.7. The van der Waals surface area contributed by atoms with E-state index < -0.39 is 75.3 Å². The van der Waals surface area contributed by atoms with Gasteiger partial charge in [0.2, 0.25) is 0 Å². The first-order valence-electron chi connectivity index (χ1n) is 11.8. The van der Waals surface area contributed by atoms with Gasteiger partial charge in [0, 0.05) is 0 Å². The fourth-order valence-electron chi connectivity index (χ4n) is 3.86. The molecule has 2 aromatic rings. The van der Waals surface area contributed by atoms with Gasteiger partial charge in [-0.2, -0.15) is 0 Å². The number of furan rings is 1. The van der Waals surface area contributed by atoms with Crippen LogP contribution in [0.3, 0.4) is 0 Å². The molecule has 0 unspecified atom stereocenters. The first-order chi connectivity index (χ1) is 18.0. The van der Waals surface area contributed by atoms with Gasteiger partial charge in [-0.05, 0) is 0 Å². The molecule has 2 heterocycles. The monoisotopic (exact) mass is 644 g/mol. The van der Waals surface area contributed by atoms with Crippen molar-refractivity contribution in [2.45, 2.75) is 65.1 Å². The van der Waals surface area contributed by atoms with Crippen LogP contribution in [0.5, 0.6) is 0 Å². The van der Waals surface area contributed by atoms with Crippen LogP contribution in [0, 0.1) is 6.92 Å². The molecule has 3 rings (SSSR count). The Morgan fingerprint density at radius 3 is 2.00 bits per heavy atom. The Morgan fingerprint density at radius 1 is 0.842 bits per heavy atom. The number of carbonyl (C=O) groups is 4. The van der Waals surface area contributed by atoms with Gasteiger partial charge < -0.3 is 0 Å². The molecule has 0 spiro atoms. The van der Waals surface area contributed by atoms with Crippen molar-refractivity contribution in [1.82, 2.24) is 0 Å². The Kier molecular flexibility index (Phi) is 10.5. The molecule has 1 saturated heterocycles. The third kappa shape index (κ3) is 8.45. The summed E-state index contributed by atoms with van der Waals surface area (Å²) >= 11 is -1.02. The van der Waals surface area contributed by atoms with Crippen LogP contribution in [-0.4, -0.2) is 81.9 Å². The van der Waals surface area contributed by atoms with Crippen LogP contribution in [0.4, 0.5) is 0 Å². The van der Waals surface area contributed by atoms with E-state index in [1.807, 2.05) is 37.3 Å². The molecular formula is C27H30O10Te. The fraction of sp³-hybridized carbons (Fsp3) is 0.407. The van der Waals surface area contributed by atoms with Crippen molar-refractivity contribution >= 4 is 52.0 Å². The van der Waals surface area contributed by atoms with E-state index in [1.54, 1.807) is 18.4 Å². The Balaban J connectivity index is 2.09. The van der Waals surface area contributed by atoms with Gasteiger partial charge in [0.05, 0.1) is 0 Å². The summed E-state index contributed by atoms with van der Waals surface area (Å²) in [6.07, 6.45) is -2.23. The second-order valence-electron chi connectivity index (χ2n) is 8.59. The molecule has 0 saturated carbocycles. The summed E-state index contributed by atoms with van der Waals surface area (Å²) in [7, 11) is 0. The quantitative estimate of drug-likeness (QED) is 0.228. The van der Waals surface area contributed by atoms with Crippen LogP contribution in [0.2, 0.25) is 0 Å². The van der Waals surface area contributed by atoms with Gasteiger partial charge in [-0.3, -0.25) is 0 Å². The van der Waals surface area contributed by atoms with Crippen molar-refractivity contribution in [3.63, 3.8) is 0 Å². The van der Waals surface area contributed by atoms with E-state index in [0.29, 0.717) is 5.76 Å². The predicted molar refractivity (Wildman–Crippen MR) is 135 cm³/mol. The van der Waals surface area contributed by atoms with Gasteiger partial charge in [0.25, 0.3) is 0 Å². The van der Waals surface area contributed by atoms with E-state index in [1.165, 1.54) is 27.7 Å². The van der Waals surface area contributed by atoms with Crippen molar-refractivity contribution in [2.24, 2.45) is 0 Å². The van der Waals surface area contributed by atoms with E-state index >= 15 is 0 Å². The fourth-order valence-corrected chi connectivity index (χ4v) is 6.56. The number of benzene rings is 1. The van der Waals surface area contributed by atoms with E-state index in [0.717, 1.165) is 12.8 Å². The van der Waals surface area contributed by atoms with Crippen LogP contribution in [0.1, 0.15) is 39.0 Å². The molecule has 0 bridgehead atoms. The normalized spacial score (nSPS) is 23.3. The molecule has 1 aromatic heterocycles. The number of aryl methyl sites for hydroxylation is 1. The predicted octanol–water partition coefficient (Wildman–Crippen LogP) is 2.08. The Hall–Kier alpha value is -3.13. The van der Waals surface area contributed by atoms with E-state index in [-0.39, 0.29) is 6.61 Å². The number of rotatable bonds is 9. The molecule has 10 nitrogen and oxygen atoms in total.